The first-order valence-corrected chi connectivity index (χ1v) is 9.59. The van der Waals surface area contributed by atoms with Gasteiger partial charge >= 0.3 is 0 Å². The Morgan fingerprint density at radius 2 is 2.04 bits per heavy atom. The third-order valence-corrected chi connectivity index (χ3v) is 5.37. The summed E-state index contributed by atoms with van der Waals surface area (Å²) >= 11 is 1.32. The first-order chi connectivity index (χ1) is 11.3. The first-order valence-electron chi connectivity index (χ1n) is 6.93. The van der Waals surface area contributed by atoms with Gasteiger partial charge in [0.2, 0.25) is 15.9 Å². The number of benzene rings is 1. The summed E-state index contributed by atoms with van der Waals surface area (Å²) in [6.07, 6.45) is 3.35. The quantitative estimate of drug-likeness (QED) is 0.835. The summed E-state index contributed by atoms with van der Waals surface area (Å²) < 4.78 is 23.5. The number of nitrogens with one attached hydrogen (secondary N) is 1. The summed E-state index contributed by atoms with van der Waals surface area (Å²) in [7, 11) is -2.06. The van der Waals surface area contributed by atoms with Crippen molar-refractivity contribution >= 4 is 32.4 Å². The number of hydrogen-bond acceptors (Lipinski definition) is 6. The summed E-state index contributed by atoms with van der Waals surface area (Å²) in [6.45, 7) is -0.261. The predicted octanol–water partition coefficient (Wildman–Crippen LogP) is 1.44. The van der Waals surface area contributed by atoms with Crippen molar-refractivity contribution in [3.8, 4) is 6.07 Å². The van der Waals surface area contributed by atoms with E-state index in [-0.39, 0.29) is 6.54 Å². The highest BCUT2D eigenvalue weighted by atomic mass is 32.2. The largest absolute Gasteiger partial charge is 0.301 e. The van der Waals surface area contributed by atoms with Gasteiger partial charge in [-0.15, -0.1) is 11.3 Å². The second-order valence-corrected chi connectivity index (χ2v) is 8.39. The van der Waals surface area contributed by atoms with Gasteiger partial charge in [0.25, 0.3) is 0 Å². The van der Waals surface area contributed by atoms with Crippen LogP contribution in [0, 0.1) is 11.3 Å². The zero-order valence-corrected chi connectivity index (χ0v) is 14.8. The number of nitrogens with zero attached hydrogens (tertiary/aromatic N) is 3. The second kappa shape index (κ2) is 7.53. The van der Waals surface area contributed by atoms with Crippen molar-refractivity contribution in [1.29, 1.82) is 5.26 Å². The molecule has 2 aromatic rings. The van der Waals surface area contributed by atoms with Crippen LogP contribution < -0.4 is 5.32 Å². The molecule has 0 aliphatic carbocycles. The van der Waals surface area contributed by atoms with E-state index in [1.54, 1.807) is 18.3 Å². The van der Waals surface area contributed by atoms with Crippen molar-refractivity contribution in [2.75, 3.05) is 25.2 Å². The third kappa shape index (κ3) is 5.13. The van der Waals surface area contributed by atoms with Gasteiger partial charge in [-0.2, -0.15) is 9.57 Å². The maximum atomic E-state index is 11.8. The van der Waals surface area contributed by atoms with Crippen LogP contribution in [-0.2, 0) is 21.2 Å². The Bertz CT molecular complexity index is 867. The normalized spacial score (nSPS) is 11.2. The Morgan fingerprint density at radius 1 is 1.38 bits per heavy atom. The highest BCUT2D eigenvalue weighted by molar-refractivity contribution is 7.88. The van der Waals surface area contributed by atoms with Crippen LogP contribution in [0.5, 0.6) is 0 Å². The fourth-order valence-corrected chi connectivity index (χ4v) is 3.04. The van der Waals surface area contributed by atoms with E-state index in [0.29, 0.717) is 17.1 Å². The van der Waals surface area contributed by atoms with Gasteiger partial charge in [-0.05, 0) is 17.7 Å². The Balaban J connectivity index is 1.95. The van der Waals surface area contributed by atoms with Crippen molar-refractivity contribution in [3.05, 3.63) is 46.5 Å². The zero-order valence-electron chi connectivity index (χ0n) is 13.2. The molecule has 126 valence electrons. The molecule has 0 radical (unpaired) electrons. The zero-order chi connectivity index (χ0) is 17.7. The molecule has 1 N–H and O–H groups in total. The molecule has 0 bridgehead atoms. The number of carbonyl (C=O) groups is 1. The lowest BCUT2D eigenvalue weighted by Gasteiger charge is -2.12. The van der Waals surface area contributed by atoms with E-state index < -0.39 is 15.9 Å². The minimum absolute atomic E-state index is 0.261. The summed E-state index contributed by atoms with van der Waals surface area (Å²) in [4.78, 5) is 16.9. The van der Waals surface area contributed by atoms with Crippen LogP contribution in [0.1, 0.15) is 16.0 Å². The molecule has 1 aromatic heterocycles. The van der Waals surface area contributed by atoms with Crippen LogP contribution in [0.3, 0.4) is 0 Å². The molecule has 0 aliphatic rings. The Morgan fingerprint density at radius 3 is 2.62 bits per heavy atom. The standard InChI is InChI=1S/C15H16N4O3S2/c1-19(24(2,21)22)10-14(20)18-15-17-9-13(23-15)7-11-3-5-12(8-16)6-4-11/h3-6,9H,7,10H2,1-2H3,(H,17,18,20). The van der Waals surface area contributed by atoms with Crippen molar-refractivity contribution in [3.63, 3.8) is 0 Å². The molecule has 2 rings (SSSR count). The van der Waals surface area contributed by atoms with Crippen LogP contribution in [0.25, 0.3) is 0 Å². The summed E-state index contributed by atoms with van der Waals surface area (Å²) in [5, 5.41) is 11.8. The van der Waals surface area contributed by atoms with E-state index in [1.807, 2.05) is 12.1 Å². The van der Waals surface area contributed by atoms with Crippen molar-refractivity contribution < 1.29 is 13.2 Å². The van der Waals surface area contributed by atoms with Gasteiger partial charge in [0.15, 0.2) is 5.13 Å². The van der Waals surface area contributed by atoms with Crippen molar-refractivity contribution in [2.45, 2.75) is 6.42 Å². The lowest BCUT2D eigenvalue weighted by Crippen LogP contribution is -2.34. The molecular formula is C15H16N4O3S2. The lowest BCUT2D eigenvalue weighted by atomic mass is 10.1. The third-order valence-electron chi connectivity index (χ3n) is 3.19. The van der Waals surface area contributed by atoms with E-state index in [9.17, 15) is 13.2 Å². The van der Waals surface area contributed by atoms with Crippen LogP contribution in [0.15, 0.2) is 30.5 Å². The number of thiazole rings is 1. The summed E-state index contributed by atoms with van der Waals surface area (Å²) in [5.41, 5.74) is 1.64. The fourth-order valence-electron chi connectivity index (χ4n) is 1.82. The molecular weight excluding hydrogens is 348 g/mol. The van der Waals surface area contributed by atoms with Crippen LogP contribution in [0.4, 0.5) is 5.13 Å². The predicted molar refractivity (Wildman–Crippen MR) is 92.2 cm³/mol. The Hall–Kier alpha value is -2.28. The van der Waals surface area contributed by atoms with Crippen molar-refractivity contribution in [2.24, 2.45) is 0 Å². The molecule has 24 heavy (non-hydrogen) atoms. The molecule has 1 heterocycles. The van der Waals surface area contributed by atoms with Crippen LogP contribution in [-0.4, -0.2) is 43.5 Å². The average Bonchev–Trinajstić information content (AvgIpc) is 2.94. The highest BCUT2D eigenvalue weighted by Gasteiger charge is 2.16. The molecule has 7 nitrogen and oxygen atoms in total. The lowest BCUT2D eigenvalue weighted by molar-refractivity contribution is -0.116. The van der Waals surface area contributed by atoms with Gasteiger partial charge in [-0.25, -0.2) is 13.4 Å². The maximum absolute atomic E-state index is 11.8. The minimum Gasteiger partial charge on any atom is -0.301 e. The average molecular weight is 364 g/mol. The Labute approximate surface area is 144 Å². The maximum Gasteiger partial charge on any atom is 0.241 e. The molecule has 0 saturated carbocycles. The number of nitriles is 1. The number of sulfonamides is 1. The summed E-state index contributed by atoms with van der Waals surface area (Å²) in [5.74, 6) is -0.442. The van der Waals surface area contributed by atoms with E-state index >= 15 is 0 Å². The Kier molecular flexibility index (Phi) is 5.66. The number of amides is 1. The van der Waals surface area contributed by atoms with Gasteiger partial charge in [-0.3, -0.25) is 4.79 Å². The molecule has 0 fully saturated rings. The van der Waals surface area contributed by atoms with E-state index in [1.165, 1.54) is 18.4 Å². The van der Waals surface area contributed by atoms with Gasteiger partial charge < -0.3 is 5.32 Å². The highest BCUT2D eigenvalue weighted by Crippen LogP contribution is 2.21. The first kappa shape index (κ1) is 18.1. The molecule has 0 spiro atoms. The SMILES string of the molecule is CN(CC(=O)Nc1ncc(Cc2ccc(C#N)cc2)s1)S(C)(=O)=O. The number of rotatable bonds is 6. The van der Waals surface area contributed by atoms with Crippen molar-refractivity contribution in [1.82, 2.24) is 9.29 Å². The van der Waals surface area contributed by atoms with Crippen LogP contribution in [0.2, 0.25) is 0 Å². The number of anilines is 1. The van der Waals surface area contributed by atoms with Gasteiger partial charge in [0, 0.05) is 24.5 Å². The minimum atomic E-state index is -3.40. The summed E-state index contributed by atoms with van der Waals surface area (Å²) in [6, 6.07) is 9.31. The number of aromatic nitrogens is 1. The van der Waals surface area contributed by atoms with E-state index in [2.05, 4.69) is 16.4 Å². The van der Waals surface area contributed by atoms with Gasteiger partial charge in [0.05, 0.1) is 24.4 Å². The number of carbonyl (C=O) groups excluding carboxylic acids is 1. The molecule has 0 saturated heterocycles. The molecule has 0 unspecified atom stereocenters. The fraction of sp³-hybridized carbons (Fsp3) is 0.267. The number of likely N-dealkylation sites (N-methyl/N-ethyl adjacent to an activating group) is 1. The molecule has 0 aliphatic heterocycles. The van der Waals surface area contributed by atoms with E-state index in [4.69, 9.17) is 5.26 Å². The van der Waals surface area contributed by atoms with E-state index in [0.717, 1.165) is 21.0 Å². The smallest absolute Gasteiger partial charge is 0.241 e. The molecule has 0 atom stereocenters. The van der Waals surface area contributed by atoms with Crippen LogP contribution >= 0.6 is 11.3 Å². The molecule has 1 aromatic carbocycles. The van der Waals surface area contributed by atoms with Gasteiger partial charge in [0.1, 0.15) is 0 Å². The number of hydrogen-bond donors (Lipinski definition) is 1. The molecule has 1 amide bonds. The topological polar surface area (TPSA) is 103 Å². The van der Waals surface area contributed by atoms with Gasteiger partial charge in [-0.1, -0.05) is 12.1 Å². The monoisotopic (exact) mass is 364 g/mol. The molecule has 9 heteroatoms. The second-order valence-electron chi connectivity index (χ2n) is 5.18.